The molecule has 2 bridgehead atoms. The molecule has 5 heterocycles. The first kappa shape index (κ1) is 34.1. The highest BCUT2D eigenvalue weighted by molar-refractivity contribution is 6.31. The van der Waals surface area contributed by atoms with Crippen LogP contribution in [0.25, 0.3) is 0 Å². The standard InChI is InChI=1S/C37H48ClF2N5O5/c1-35(2,3)50-34(46)45-23-6-7-24(45)19-43(18-23)32-27-9-12-37(11-8-26-28(37)14-25(15-29(26)38)49-21-47-4)31(40)30(27)41-33(42-32)48-20-36-10-5-13-44(36)17-22(39)16-36/h14-15,22-24,31H,5-13,16-21H2,1-4H3/t22-,23?,24?,31?,36+,37?/m1/s1. The van der Waals surface area contributed by atoms with Crippen LogP contribution in [0.15, 0.2) is 12.1 Å². The first-order chi connectivity index (χ1) is 23.9. The summed E-state index contributed by atoms with van der Waals surface area (Å²) in [6.07, 6.45) is 3.76. The number of aromatic nitrogens is 2. The third kappa shape index (κ3) is 5.77. The summed E-state index contributed by atoms with van der Waals surface area (Å²) in [7, 11) is 1.55. The van der Waals surface area contributed by atoms with Crippen molar-refractivity contribution in [1.29, 1.82) is 0 Å². The maximum atomic E-state index is 17.6. The van der Waals surface area contributed by atoms with Gasteiger partial charge in [-0.05, 0) is 102 Å². The van der Waals surface area contributed by atoms with E-state index in [1.54, 1.807) is 13.2 Å². The number of piperazine rings is 1. The average molecular weight is 716 g/mol. The van der Waals surface area contributed by atoms with Crippen molar-refractivity contribution in [2.75, 3.05) is 51.6 Å². The fourth-order valence-electron chi connectivity index (χ4n) is 9.84. The number of fused-ring (bicyclic) bond motifs is 6. The summed E-state index contributed by atoms with van der Waals surface area (Å²) in [6.45, 7) is 8.33. The van der Waals surface area contributed by atoms with E-state index in [9.17, 15) is 9.18 Å². The van der Waals surface area contributed by atoms with Crippen molar-refractivity contribution in [1.82, 2.24) is 19.8 Å². The molecule has 50 heavy (non-hydrogen) atoms. The minimum atomic E-state index is -1.44. The molecule has 6 aliphatic rings. The lowest BCUT2D eigenvalue weighted by atomic mass is 9.68. The summed E-state index contributed by atoms with van der Waals surface area (Å²) in [4.78, 5) is 29.4. The average Bonchev–Trinajstić information content (AvgIpc) is 3.78. The van der Waals surface area contributed by atoms with Gasteiger partial charge in [-0.3, -0.25) is 9.80 Å². The molecule has 2 aliphatic carbocycles. The number of hydrogen-bond acceptors (Lipinski definition) is 9. The second-order valence-electron chi connectivity index (χ2n) is 16.2. The molecule has 1 aromatic heterocycles. The van der Waals surface area contributed by atoms with Gasteiger partial charge >= 0.3 is 12.1 Å². The van der Waals surface area contributed by atoms with Crippen LogP contribution in [0, 0.1) is 0 Å². The molecule has 4 unspecified atom stereocenters. The van der Waals surface area contributed by atoms with Crippen molar-refractivity contribution in [3.63, 3.8) is 0 Å². The van der Waals surface area contributed by atoms with Gasteiger partial charge in [-0.2, -0.15) is 9.97 Å². The van der Waals surface area contributed by atoms with Crippen LogP contribution in [0.1, 0.15) is 94.3 Å². The molecule has 4 aliphatic heterocycles. The van der Waals surface area contributed by atoms with Crippen molar-refractivity contribution >= 4 is 23.5 Å². The van der Waals surface area contributed by atoms with Crippen LogP contribution in [0.3, 0.4) is 0 Å². The Morgan fingerprint density at radius 1 is 1.02 bits per heavy atom. The molecule has 0 radical (unpaired) electrons. The fourth-order valence-corrected chi connectivity index (χ4v) is 10.1. The van der Waals surface area contributed by atoms with E-state index in [2.05, 4.69) is 9.80 Å². The molecule has 0 saturated carbocycles. The molecule has 6 atom stereocenters. The van der Waals surface area contributed by atoms with E-state index in [4.69, 9.17) is 40.5 Å². The largest absolute Gasteiger partial charge is 0.468 e. The number of hydrogen-bond donors (Lipinski definition) is 0. The van der Waals surface area contributed by atoms with Gasteiger partial charge in [0.2, 0.25) is 0 Å². The van der Waals surface area contributed by atoms with E-state index in [1.165, 1.54) is 0 Å². The van der Waals surface area contributed by atoms with Crippen LogP contribution in [-0.4, -0.2) is 102 Å². The number of halogens is 3. The highest BCUT2D eigenvalue weighted by atomic mass is 35.5. The second-order valence-corrected chi connectivity index (χ2v) is 16.6. The first-order valence-electron chi connectivity index (χ1n) is 18.2. The number of nitrogens with zero attached hydrogens (tertiary/aromatic N) is 5. The number of carbonyl (C=O) groups is 1. The van der Waals surface area contributed by atoms with Crippen LogP contribution in [0.4, 0.5) is 19.4 Å². The lowest BCUT2D eigenvalue weighted by molar-refractivity contribution is 0.0122. The third-order valence-corrected chi connectivity index (χ3v) is 12.4. The Kier molecular flexibility index (Phi) is 8.62. The Balaban J connectivity index is 1.14. The normalized spacial score (nSPS) is 31.6. The van der Waals surface area contributed by atoms with Crippen LogP contribution in [0.2, 0.25) is 5.02 Å². The quantitative estimate of drug-likeness (QED) is 0.298. The second kappa shape index (κ2) is 12.6. The minimum absolute atomic E-state index is 0.0463. The molecule has 4 fully saturated rings. The molecule has 1 aromatic carbocycles. The highest BCUT2D eigenvalue weighted by Crippen LogP contribution is 2.58. The van der Waals surface area contributed by atoms with Gasteiger partial charge in [0.1, 0.15) is 29.9 Å². The van der Waals surface area contributed by atoms with Crippen molar-refractivity contribution in [2.24, 2.45) is 0 Å². The third-order valence-electron chi connectivity index (χ3n) is 12.0. The van der Waals surface area contributed by atoms with Gasteiger partial charge in [0.15, 0.2) is 13.0 Å². The van der Waals surface area contributed by atoms with E-state index in [-0.39, 0.29) is 37.6 Å². The van der Waals surface area contributed by atoms with E-state index in [0.717, 1.165) is 48.9 Å². The van der Waals surface area contributed by atoms with E-state index in [1.807, 2.05) is 31.7 Å². The van der Waals surface area contributed by atoms with Gasteiger partial charge in [0, 0.05) is 49.2 Å². The van der Waals surface area contributed by atoms with Gasteiger partial charge in [-0.25, -0.2) is 13.6 Å². The minimum Gasteiger partial charge on any atom is -0.468 e. The number of benzene rings is 1. The summed E-state index contributed by atoms with van der Waals surface area (Å²) < 4.78 is 55.3. The molecule has 1 spiro atoms. The summed E-state index contributed by atoms with van der Waals surface area (Å²) >= 11 is 6.75. The molecular formula is C37H48ClF2N5O5. The summed E-state index contributed by atoms with van der Waals surface area (Å²) in [5.41, 5.74) is 1.13. The number of anilines is 1. The van der Waals surface area contributed by atoms with Gasteiger partial charge in [0.05, 0.1) is 23.3 Å². The summed E-state index contributed by atoms with van der Waals surface area (Å²) in [5.74, 6) is 1.22. The zero-order valence-electron chi connectivity index (χ0n) is 29.5. The number of carbonyl (C=O) groups excluding carboxylic acids is 1. The Labute approximate surface area is 297 Å². The Bertz CT molecular complexity index is 1650. The maximum Gasteiger partial charge on any atom is 0.410 e. The predicted molar refractivity (Wildman–Crippen MR) is 184 cm³/mol. The van der Waals surface area contributed by atoms with Gasteiger partial charge in [0.25, 0.3) is 0 Å². The molecule has 0 N–H and O–H groups in total. The van der Waals surface area contributed by atoms with Crippen molar-refractivity contribution < 1.29 is 32.5 Å². The fraction of sp³-hybridized carbons (Fsp3) is 0.703. The van der Waals surface area contributed by atoms with E-state index >= 15 is 4.39 Å². The molecule has 13 heteroatoms. The molecule has 4 saturated heterocycles. The van der Waals surface area contributed by atoms with Gasteiger partial charge in [-0.15, -0.1) is 0 Å². The summed E-state index contributed by atoms with van der Waals surface area (Å²) in [6, 6.07) is 3.72. The predicted octanol–water partition coefficient (Wildman–Crippen LogP) is 6.50. The molecule has 8 rings (SSSR count). The van der Waals surface area contributed by atoms with Crippen LogP contribution >= 0.6 is 11.6 Å². The molecule has 10 nitrogen and oxygen atoms in total. The zero-order valence-corrected chi connectivity index (χ0v) is 30.2. The maximum absolute atomic E-state index is 17.6. The van der Waals surface area contributed by atoms with Crippen molar-refractivity contribution in [3.8, 4) is 11.8 Å². The van der Waals surface area contributed by atoms with Gasteiger partial charge < -0.3 is 23.8 Å². The Morgan fingerprint density at radius 2 is 1.76 bits per heavy atom. The number of amides is 1. The lowest BCUT2D eigenvalue weighted by Gasteiger charge is -2.44. The van der Waals surface area contributed by atoms with Crippen LogP contribution in [-0.2, 0) is 27.7 Å². The molecular weight excluding hydrogens is 668 g/mol. The molecule has 1 amide bonds. The highest BCUT2D eigenvalue weighted by Gasteiger charge is 2.53. The van der Waals surface area contributed by atoms with Gasteiger partial charge in [-0.1, -0.05) is 11.6 Å². The summed E-state index contributed by atoms with van der Waals surface area (Å²) in [5, 5.41) is 0.567. The SMILES string of the molecule is COCOc1cc(Cl)c2c(c1)C1(CC2)CCc2c(nc(OC[C@@]34CCCN3C[C@H](F)C4)nc2N2CC3CCC(C2)N3C(=O)OC(C)(C)C)C1F. The first-order valence-corrected chi connectivity index (χ1v) is 18.6. The number of alkyl halides is 2. The van der Waals surface area contributed by atoms with Crippen LogP contribution in [0.5, 0.6) is 11.8 Å². The van der Waals surface area contributed by atoms with Crippen molar-refractivity contribution in [3.05, 3.63) is 39.5 Å². The molecule has 272 valence electrons. The number of rotatable bonds is 7. The lowest BCUT2D eigenvalue weighted by Crippen LogP contribution is -2.57. The van der Waals surface area contributed by atoms with E-state index < -0.39 is 28.9 Å². The zero-order chi connectivity index (χ0) is 35.0. The smallest absolute Gasteiger partial charge is 0.410 e. The number of ether oxygens (including phenoxy) is 4. The number of methoxy groups -OCH3 is 1. The van der Waals surface area contributed by atoms with Crippen molar-refractivity contribution in [2.45, 2.75) is 120 Å². The van der Waals surface area contributed by atoms with Crippen LogP contribution < -0.4 is 14.4 Å². The van der Waals surface area contributed by atoms with E-state index in [0.29, 0.717) is 74.0 Å². The monoisotopic (exact) mass is 715 g/mol. The Morgan fingerprint density at radius 3 is 2.48 bits per heavy atom. The molecule has 2 aromatic rings. The Hall–Kier alpha value is -2.96. The topological polar surface area (TPSA) is 89.5 Å².